The lowest BCUT2D eigenvalue weighted by Gasteiger charge is -2.62. The normalized spacial score (nSPS) is 27.3. The van der Waals surface area contributed by atoms with Crippen LogP contribution in [0.25, 0.3) is 0 Å². The predicted octanol–water partition coefficient (Wildman–Crippen LogP) is 4.29. The van der Waals surface area contributed by atoms with Crippen LogP contribution in [0.3, 0.4) is 0 Å². The molecule has 1 aromatic carbocycles. The minimum absolute atomic E-state index is 0.0894. The minimum atomic E-state index is -0.325. The van der Waals surface area contributed by atoms with Gasteiger partial charge in [0.25, 0.3) is 5.91 Å². The minimum Gasteiger partial charge on any atom is -0.380 e. The van der Waals surface area contributed by atoms with Crippen molar-refractivity contribution in [1.82, 2.24) is 16.0 Å². The summed E-state index contributed by atoms with van der Waals surface area (Å²) >= 11 is 3.36. The number of halogens is 1. The highest BCUT2D eigenvalue weighted by molar-refractivity contribution is 9.12. The van der Waals surface area contributed by atoms with Crippen molar-refractivity contribution in [2.45, 2.75) is 59.0 Å². The van der Waals surface area contributed by atoms with Gasteiger partial charge in [0.2, 0.25) is 5.91 Å². The first-order chi connectivity index (χ1) is 15.1. The van der Waals surface area contributed by atoms with Crippen molar-refractivity contribution in [3.05, 3.63) is 46.1 Å². The average molecular weight is 503 g/mol. The summed E-state index contributed by atoms with van der Waals surface area (Å²) in [5.74, 6) is 1.41. The number of carbonyl (C=O) groups is 2. The second-order valence-corrected chi connectivity index (χ2v) is 10.6. The summed E-state index contributed by atoms with van der Waals surface area (Å²) in [5.41, 5.74) is 1.91. The van der Waals surface area contributed by atoms with Gasteiger partial charge in [-0.25, -0.2) is 0 Å². The van der Waals surface area contributed by atoms with Crippen LogP contribution in [0.15, 0.2) is 40.5 Å². The molecule has 7 heteroatoms. The Hall–Kier alpha value is -2.15. The molecule has 0 saturated heterocycles. The molecule has 2 amide bonds. The lowest BCUT2D eigenvalue weighted by atomic mass is 9.45. The SMILES string of the molecule is CC(NC(=O)CCNC(=O)/C(Br)=C(\C=N)N[C@@H]1C[C@@H]2C[C@H]([C@H]1C)C2(C)C)c1ccccc1. The fourth-order valence-electron chi connectivity index (χ4n) is 5.34. The first-order valence-corrected chi connectivity index (χ1v) is 12.2. The van der Waals surface area contributed by atoms with Crippen molar-refractivity contribution < 1.29 is 9.59 Å². The fraction of sp³-hybridized carbons (Fsp3) is 0.560. The van der Waals surface area contributed by atoms with E-state index in [2.05, 4.69) is 52.7 Å². The van der Waals surface area contributed by atoms with E-state index < -0.39 is 0 Å². The number of amides is 2. The highest BCUT2D eigenvalue weighted by Crippen LogP contribution is 2.61. The Bertz CT molecular complexity index is 883. The summed E-state index contributed by atoms with van der Waals surface area (Å²) in [4.78, 5) is 24.8. The van der Waals surface area contributed by atoms with Gasteiger partial charge < -0.3 is 21.4 Å². The van der Waals surface area contributed by atoms with Crippen molar-refractivity contribution in [3.63, 3.8) is 0 Å². The van der Waals surface area contributed by atoms with E-state index in [0.717, 1.165) is 12.0 Å². The van der Waals surface area contributed by atoms with Crippen LogP contribution in [-0.2, 0) is 9.59 Å². The predicted molar refractivity (Wildman–Crippen MR) is 131 cm³/mol. The van der Waals surface area contributed by atoms with Crippen LogP contribution in [0, 0.1) is 28.6 Å². The molecule has 32 heavy (non-hydrogen) atoms. The lowest BCUT2D eigenvalue weighted by Crippen LogP contribution is -2.59. The smallest absolute Gasteiger partial charge is 0.260 e. The summed E-state index contributed by atoms with van der Waals surface area (Å²) in [6.45, 7) is 9.14. The second kappa shape index (κ2) is 10.2. The van der Waals surface area contributed by atoms with Crippen LogP contribution in [0.5, 0.6) is 0 Å². The van der Waals surface area contributed by atoms with Gasteiger partial charge in [-0.2, -0.15) is 0 Å². The maximum atomic E-state index is 12.6. The molecule has 1 unspecified atom stereocenters. The van der Waals surface area contributed by atoms with Gasteiger partial charge in [0.15, 0.2) is 0 Å². The molecule has 3 aliphatic rings. The summed E-state index contributed by atoms with van der Waals surface area (Å²) in [6, 6.07) is 9.93. The topological polar surface area (TPSA) is 94.1 Å². The maximum Gasteiger partial charge on any atom is 0.260 e. The Balaban J connectivity index is 1.48. The van der Waals surface area contributed by atoms with E-state index in [1.165, 1.54) is 12.6 Å². The summed E-state index contributed by atoms with van der Waals surface area (Å²) in [7, 11) is 0. The molecule has 0 aromatic heterocycles. The van der Waals surface area contributed by atoms with Gasteiger partial charge >= 0.3 is 0 Å². The molecule has 2 bridgehead atoms. The number of carbonyl (C=O) groups excluding carboxylic acids is 2. The zero-order valence-electron chi connectivity index (χ0n) is 19.4. The Morgan fingerprint density at radius 3 is 2.53 bits per heavy atom. The number of rotatable bonds is 9. The first kappa shape index (κ1) is 24.5. The summed E-state index contributed by atoms with van der Waals surface area (Å²) in [6.07, 6.45) is 3.72. The molecule has 4 rings (SSSR count). The van der Waals surface area contributed by atoms with Crippen molar-refractivity contribution in [1.29, 1.82) is 5.41 Å². The third-order valence-corrected chi connectivity index (χ3v) is 8.38. The molecule has 3 fully saturated rings. The fourth-order valence-corrected chi connectivity index (χ4v) is 5.71. The summed E-state index contributed by atoms with van der Waals surface area (Å²) in [5, 5.41) is 16.9. The van der Waals surface area contributed by atoms with Gasteiger partial charge in [0, 0.05) is 25.2 Å². The van der Waals surface area contributed by atoms with Crippen molar-refractivity contribution >= 4 is 34.0 Å². The Morgan fingerprint density at radius 2 is 1.94 bits per heavy atom. The van der Waals surface area contributed by atoms with Crippen LogP contribution in [0.2, 0.25) is 0 Å². The van der Waals surface area contributed by atoms with E-state index in [1.54, 1.807) is 0 Å². The quantitative estimate of drug-likeness (QED) is 0.299. The Kier molecular flexibility index (Phi) is 7.80. The Morgan fingerprint density at radius 1 is 1.25 bits per heavy atom. The molecule has 5 atom stereocenters. The average Bonchev–Trinajstić information content (AvgIpc) is 2.77. The van der Waals surface area contributed by atoms with Crippen LogP contribution < -0.4 is 16.0 Å². The molecule has 4 N–H and O–H groups in total. The first-order valence-electron chi connectivity index (χ1n) is 11.4. The molecule has 3 aliphatic carbocycles. The molecule has 1 aromatic rings. The van der Waals surface area contributed by atoms with Crippen molar-refractivity contribution in [2.24, 2.45) is 23.2 Å². The number of fused-ring (bicyclic) bond motifs is 2. The molecule has 0 radical (unpaired) electrons. The standard InChI is InChI=1S/C25H35BrN4O2/c1-15-19-12-18(25(19,3)4)13-20(15)30-21(14-27)23(26)24(32)28-11-10-22(31)29-16(2)17-8-6-5-7-9-17/h5-9,14-16,18-20,27,30H,10-13H2,1-4H3,(H,28,32)(H,29,31)/b23-21-,27-14?/t15-,16?,18+,19-,20-/m1/s1. The van der Waals surface area contributed by atoms with E-state index in [1.807, 2.05) is 37.3 Å². The van der Waals surface area contributed by atoms with Crippen molar-refractivity contribution in [2.75, 3.05) is 6.54 Å². The molecular weight excluding hydrogens is 468 g/mol. The zero-order chi connectivity index (χ0) is 23.5. The van der Waals surface area contributed by atoms with E-state index in [0.29, 0.717) is 33.3 Å². The van der Waals surface area contributed by atoms with E-state index in [9.17, 15) is 9.59 Å². The van der Waals surface area contributed by atoms with Crippen LogP contribution in [-0.4, -0.2) is 30.6 Å². The third-order valence-electron chi connectivity index (χ3n) is 7.59. The largest absolute Gasteiger partial charge is 0.380 e. The van der Waals surface area contributed by atoms with Crippen LogP contribution in [0.1, 0.15) is 58.6 Å². The Labute approximate surface area is 199 Å². The lowest BCUT2D eigenvalue weighted by molar-refractivity contribution is -0.121. The van der Waals surface area contributed by atoms with Gasteiger partial charge in [0.1, 0.15) is 4.48 Å². The van der Waals surface area contributed by atoms with Gasteiger partial charge in [-0.15, -0.1) is 0 Å². The van der Waals surface area contributed by atoms with E-state index in [-0.39, 0.29) is 36.9 Å². The van der Waals surface area contributed by atoms with Crippen molar-refractivity contribution in [3.8, 4) is 0 Å². The monoisotopic (exact) mass is 502 g/mol. The van der Waals surface area contributed by atoms with Gasteiger partial charge in [-0.1, -0.05) is 51.1 Å². The molecule has 0 heterocycles. The highest BCUT2D eigenvalue weighted by Gasteiger charge is 2.56. The molecule has 3 saturated carbocycles. The molecule has 6 nitrogen and oxygen atoms in total. The maximum absolute atomic E-state index is 12.6. The molecule has 0 aliphatic heterocycles. The molecule has 174 valence electrons. The van der Waals surface area contributed by atoms with Gasteiger partial charge in [-0.05, 0) is 64.4 Å². The summed E-state index contributed by atoms with van der Waals surface area (Å²) < 4.78 is 0.302. The van der Waals surface area contributed by atoms with E-state index >= 15 is 0 Å². The number of nitrogens with one attached hydrogen (secondary N) is 4. The number of allylic oxidation sites excluding steroid dienone is 1. The molecule has 0 spiro atoms. The zero-order valence-corrected chi connectivity index (χ0v) is 21.0. The van der Waals surface area contributed by atoms with Crippen LogP contribution >= 0.6 is 15.9 Å². The number of hydrogen-bond donors (Lipinski definition) is 4. The van der Waals surface area contributed by atoms with E-state index in [4.69, 9.17) is 5.41 Å². The van der Waals surface area contributed by atoms with Gasteiger partial charge in [0.05, 0.1) is 11.7 Å². The molecular formula is C25H35BrN4O2. The van der Waals surface area contributed by atoms with Gasteiger partial charge in [-0.3, -0.25) is 9.59 Å². The number of hydrogen-bond acceptors (Lipinski definition) is 4. The number of benzene rings is 1. The highest BCUT2D eigenvalue weighted by atomic mass is 79.9. The second-order valence-electron chi connectivity index (χ2n) is 9.78. The van der Waals surface area contributed by atoms with Crippen LogP contribution in [0.4, 0.5) is 0 Å². The third kappa shape index (κ3) is 5.25.